The highest BCUT2D eigenvalue weighted by molar-refractivity contribution is 6.30. The number of halogens is 1. The fraction of sp³-hybridized carbons (Fsp3) is 0.250. The molecule has 2 aromatic rings. The Labute approximate surface area is 139 Å². The van der Waals surface area contributed by atoms with Gasteiger partial charge >= 0.3 is 0 Å². The molecule has 0 radical (unpaired) electrons. The van der Waals surface area contributed by atoms with E-state index in [0.29, 0.717) is 28.8 Å². The number of hydrogen-bond donors (Lipinski definition) is 3. The number of benzene rings is 1. The van der Waals surface area contributed by atoms with Crippen molar-refractivity contribution in [3.05, 3.63) is 47.6 Å². The number of aliphatic hydroxyl groups excluding tert-OH is 1. The Kier molecular flexibility index (Phi) is 6.19. The molecule has 1 atom stereocenters. The van der Waals surface area contributed by atoms with E-state index in [1.165, 1.54) is 6.20 Å². The van der Waals surface area contributed by atoms with Gasteiger partial charge in [0, 0.05) is 11.6 Å². The summed E-state index contributed by atoms with van der Waals surface area (Å²) in [6.45, 7) is 1.99. The smallest absolute Gasteiger partial charge is 0.262 e. The first-order valence-electron chi connectivity index (χ1n) is 7.09. The summed E-state index contributed by atoms with van der Waals surface area (Å²) in [5.74, 6) is 0.910. The van der Waals surface area contributed by atoms with E-state index in [-0.39, 0.29) is 12.5 Å². The number of carbonyl (C=O) groups excluding carboxylic acids is 1. The Bertz CT molecular complexity index is 630. The van der Waals surface area contributed by atoms with Crippen LogP contribution in [0, 0.1) is 0 Å². The van der Waals surface area contributed by atoms with Crippen LogP contribution < -0.4 is 15.4 Å². The second-order valence-corrected chi connectivity index (χ2v) is 5.39. The van der Waals surface area contributed by atoms with Crippen LogP contribution in [0.4, 0.5) is 11.5 Å². The molecule has 2 rings (SSSR count). The molecule has 0 aliphatic rings. The predicted molar refractivity (Wildman–Crippen MR) is 90.0 cm³/mol. The maximum Gasteiger partial charge on any atom is 0.262 e. The van der Waals surface area contributed by atoms with Crippen LogP contribution in [-0.2, 0) is 4.79 Å². The van der Waals surface area contributed by atoms with Crippen LogP contribution in [0.15, 0.2) is 42.6 Å². The number of nitrogens with one attached hydrogen (secondary N) is 2. The molecule has 0 saturated carbocycles. The van der Waals surface area contributed by atoms with E-state index in [1.54, 1.807) is 43.3 Å². The lowest BCUT2D eigenvalue weighted by molar-refractivity contribution is -0.118. The van der Waals surface area contributed by atoms with E-state index >= 15 is 0 Å². The lowest BCUT2D eigenvalue weighted by atomic mass is 10.3. The monoisotopic (exact) mass is 335 g/mol. The van der Waals surface area contributed by atoms with Gasteiger partial charge in [-0.25, -0.2) is 4.98 Å². The number of rotatable bonds is 7. The van der Waals surface area contributed by atoms with Crippen molar-refractivity contribution in [2.24, 2.45) is 0 Å². The number of hydrogen-bond acceptors (Lipinski definition) is 5. The van der Waals surface area contributed by atoms with Gasteiger partial charge in [-0.3, -0.25) is 4.79 Å². The second kappa shape index (κ2) is 8.36. The van der Waals surface area contributed by atoms with Crippen LogP contribution in [0.25, 0.3) is 0 Å². The molecule has 1 aromatic heterocycles. The van der Waals surface area contributed by atoms with Gasteiger partial charge in [0.1, 0.15) is 11.6 Å². The van der Waals surface area contributed by atoms with Crippen molar-refractivity contribution >= 4 is 29.0 Å². The molecular weight excluding hydrogens is 318 g/mol. The number of carbonyl (C=O) groups is 1. The van der Waals surface area contributed by atoms with Gasteiger partial charge in [0.05, 0.1) is 18.0 Å². The zero-order valence-corrected chi connectivity index (χ0v) is 13.4. The van der Waals surface area contributed by atoms with Crippen LogP contribution in [0.2, 0.25) is 5.02 Å². The van der Waals surface area contributed by atoms with Crippen molar-refractivity contribution in [2.75, 3.05) is 23.8 Å². The van der Waals surface area contributed by atoms with Crippen molar-refractivity contribution < 1.29 is 14.6 Å². The molecule has 0 bridgehead atoms. The second-order valence-electron chi connectivity index (χ2n) is 4.95. The molecule has 0 spiro atoms. The van der Waals surface area contributed by atoms with Crippen LogP contribution in [-0.4, -0.2) is 35.3 Å². The SMILES string of the molecule is CC(O)CNc1ccc(NC(=O)COc2ccc(Cl)cc2)cn1. The van der Waals surface area contributed by atoms with E-state index < -0.39 is 6.10 Å². The Balaban J connectivity index is 1.79. The largest absolute Gasteiger partial charge is 0.484 e. The maximum absolute atomic E-state index is 11.8. The van der Waals surface area contributed by atoms with Crippen molar-refractivity contribution in [3.8, 4) is 5.75 Å². The fourth-order valence-electron chi connectivity index (χ4n) is 1.70. The van der Waals surface area contributed by atoms with Gasteiger partial charge in [0.15, 0.2) is 6.61 Å². The molecule has 1 unspecified atom stereocenters. The fourth-order valence-corrected chi connectivity index (χ4v) is 1.83. The van der Waals surface area contributed by atoms with Gasteiger partial charge in [0.2, 0.25) is 0 Å². The molecule has 1 aromatic carbocycles. The highest BCUT2D eigenvalue weighted by Crippen LogP contribution is 2.15. The normalized spacial score (nSPS) is 11.6. The minimum Gasteiger partial charge on any atom is -0.484 e. The van der Waals surface area contributed by atoms with Gasteiger partial charge < -0.3 is 20.5 Å². The van der Waals surface area contributed by atoms with Gasteiger partial charge in [-0.1, -0.05) is 11.6 Å². The highest BCUT2D eigenvalue weighted by atomic mass is 35.5. The van der Waals surface area contributed by atoms with Gasteiger partial charge in [-0.15, -0.1) is 0 Å². The Morgan fingerprint density at radius 1 is 1.30 bits per heavy atom. The van der Waals surface area contributed by atoms with Crippen LogP contribution in [0.5, 0.6) is 5.75 Å². The van der Waals surface area contributed by atoms with Crippen molar-refractivity contribution in [3.63, 3.8) is 0 Å². The minimum absolute atomic E-state index is 0.107. The molecule has 1 heterocycles. The molecule has 0 aliphatic carbocycles. The number of amides is 1. The van der Waals surface area contributed by atoms with Gasteiger partial charge in [-0.05, 0) is 43.3 Å². The van der Waals surface area contributed by atoms with Crippen molar-refractivity contribution in [1.29, 1.82) is 0 Å². The van der Waals surface area contributed by atoms with Crippen molar-refractivity contribution in [2.45, 2.75) is 13.0 Å². The van der Waals surface area contributed by atoms with Crippen molar-refractivity contribution in [1.82, 2.24) is 4.98 Å². The molecule has 1 amide bonds. The molecule has 0 aliphatic heterocycles. The average Bonchev–Trinajstić information content (AvgIpc) is 2.53. The highest BCUT2D eigenvalue weighted by Gasteiger charge is 2.05. The lowest BCUT2D eigenvalue weighted by Gasteiger charge is -2.09. The van der Waals surface area contributed by atoms with Crippen LogP contribution in [0.3, 0.4) is 0 Å². The summed E-state index contributed by atoms with van der Waals surface area (Å²) in [6.07, 6.45) is 1.08. The summed E-state index contributed by atoms with van der Waals surface area (Å²) in [5, 5.41) is 15.4. The zero-order chi connectivity index (χ0) is 16.7. The van der Waals surface area contributed by atoms with Gasteiger partial charge in [0.25, 0.3) is 5.91 Å². The summed E-state index contributed by atoms with van der Waals surface area (Å²) in [7, 11) is 0. The number of ether oxygens (including phenoxy) is 1. The number of nitrogens with zero attached hydrogens (tertiary/aromatic N) is 1. The van der Waals surface area contributed by atoms with E-state index in [9.17, 15) is 9.90 Å². The molecule has 23 heavy (non-hydrogen) atoms. The number of aliphatic hydroxyl groups is 1. The standard InChI is InChI=1S/C16H18ClN3O3/c1-11(21)8-18-15-7-4-13(9-19-15)20-16(22)10-23-14-5-2-12(17)3-6-14/h2-7,9,11,21H,8,10H2,1H3,(H,18,19)(H,20,22). The Hall–Kier alpha value is -2.31. The summed E-state index contributed by atoms with van der Waals surface area (Å²) in [4.78, 5) is 16.0. The third kappa shape index (κ3) is 6.14. The van der Waals surface area contributed by atoms with E-state index in [4.69, 9.17) is 16.3 Å². The maximum atomic E-state index is 11.8. The molecule has 7 heteroatoms. The molecule has 0 fully saturated rings. The van der Waals surface area contributed by atoms with Crippen LogP contribution in [0.1, 0.15) is 6.92 Å². The summed E-state index contributed by atoms with van der Waals surface area (Å²) in [5.41, 5.74) is 0.567. The third-order valence-corrected chi connectivity index (χ3v) is 3.06. The van der Waals surface area contributed by atoms with Gasteiger partial charge in [-0.2, -0.15) is 0 Å². The lowest BCUT2D eigenvalue weighted by Crippen LogP contribution is -2.20. The van der Waals surface area contributed by atoms with E-state index in [0.717, 1.165) is 0 Å². The Morgan fingerprint density at radius 2 is 2.04 bits per heavy atom. The van der Waals surface area contributed by atoms with E-state index in [2.05, 4.69) is 15.6 Å². The zero-order valence-electron chi connectivity index (χ0n) is 12.6. The Morgan fingerprint density at radius 3 is 2.65 bits per heavy atom. The first-order valence-corrected chi connectivity index (χ1v) is 7.47. The van der Waals surface area contributed by atoms with E-state index in [1.807, 2.05) is 0 Å². The molecular formula is C16H18ClN3O3. The molecule has 6 nitrogen and oxygen atoms in total. The summed E-state index contributed by atoms with van der Waals surface area (Å²) >= 11 is 5.77. The van der Waals surface area contributed by atoms with Crippen LogP contribution >= 0.6 is 11.6 Å². The first kappa shape index (κ1) is 17.1. The summed E-state index contributed by atoms with van der Waals surface area (Å²) in [6, 6.07) is 10.2. The number of pyridine rings is 1. The topological polar surface area (TPSA) is 83.5 Å². The first-order chi connectivity index (χ1) is 11.0. The summed E-state index contributed by atoms with van der Waals surface area (Å²) < 4.78 is 5.35. The third-order valence-electron chi connectivity index (χ3n) is 2.81. The quantitative estimate of drug-likeness (QED) is 0.724. The number of aromatic nitrogens is 1. The molecule has 122 valence electrons. The molecule has 0 saturated heterocycles. The molecule has 3 N–H and O–H groups in total. The predicted octanol–water partition coefficient (Wildman–Crippen LogP) is 2.55. The minimum atomic E-state index is -0.457. The number of anilines is 2. The average molecular weight is 336 g/mol.